The monoisotopic (exact) mass is 236 g/mol. The fourth-order valence-corrected chi connectivity index (χ4v) is 2.00. The Morgan fingerprint density at radius 2 is 2.00 bits per heavy atom. The first-order valence-electron chi connectivity index (χ1n) is 4.93. The molecule has 4 nitrogen and oxygen atoms in total. The normalized spacial score (nSPS) is 12.9. The van der Waals surface area contributed by atoms with Crippen LogP contribution in [0.4, 0.5) is 0 Å². The number of hydrogen-bond donors (Lipinski definition) is 2. The van der Waals surface area contributed by atoms with Gasteiger partial charge in [-0.1, -0.05) is 12.1 Å². The second-order valence-electron chi connectivity index (χ2n) is 3.34. The molecule has 0 unspecified atom stereocenters. The molecule has 16 heavy (non-hydrogen) atoms. The Kier molecular flexibility index (Phi) is 3.71. The van der Waals surface area contributed by atoms with E-state index in [0.29, 0.717) is 5.75 Å². The number of para-hydroxylation sites is 2. The molecule has 1 aromatic heterocycles. The number of rotatable bonds is 4. The molecule has 0 aliphatic rings. The second-order valence-corrected chi connectivity index (χ2v) is 4.38. The summed E-state index contributed by atoms with van der Waals surface area (Å²) in [5, 5.41) is 18.7. The lowest BCUT2D eigenvalue weighted by Gasteiger charge is -2.05. The smallest absolute Gasteiger partial charge is 0.115 e. The fraction of sp³-hybridized carbons (Fsp3) is 0.273. The van der Waals surface area contributed by atoms with Crippen LogP contribution in [-0.4, -0.2) is 38.6 Å². The van der Waals surface area contributed by atoms with Gasteiger partial charge in [0.2, 0.25) is 0 Å². The van der Waals surface area contributed by atoms with Gasteiger partial charge in [-0.05, 0) is 12.1 Å². The van der Waals surface area contributed by atoms with E-state index in [4.69, 9.17) is 5.11 Å². The number of aromatic nitrogens is 2. The third-order valence-corrected chi connectivity index (χ3v) is 3.10. The predicted molar refractivity (Wildman–Crippen MR) is 63.4 cm³/mol. The number of benzene rings is 1. The Labute approximate surface area is 97.4 Å². The summed E-state index contributed by atoms with van der Waals surface area (Å²) in [5.74, 6) is 0.420. The van der Waals surface area contributed by atoms with E-state index in [1.807, 2.05) is 24.3 Å². The van der Waals surface area contributed by atoms with Crippen molar-refractivity contribution in [2.45, 2.75) is 11.1 Å². The number of thioether (sulfide) groups is 1. The number of nitrogens with zero attached hydrogens (tertiary/aromatic N) is 2. The molecule has 2 N–H and O–H groups in total. The van der Waals surface area contributed by atoms with Crippen molar-refractivity contribution in [3.05, 3.63) is 30.5 Å². The van der Waals surface area contributed by atoms with E-state index in [2.05, 4.69) is 9.97 Å². The first kappa shape index (κ1) is 11.3. The van der Waals surface area contributed by atoms with Crippen LogP contribution in [-0.2, 0) is 0 Å². The first-order chi connectivity index (χ1) is 7.79. The van der Waals surface area contributed by atoms with Crippen LogP contribution in [0.25, 0.3) is 11.0 Å². The third kappa shape index (κ3) is 2.69. The van der Waals surface area contributed by atoms with Crippen molar-refractivity contribution in [3.63, 3.8) is 0 Å². The van der Waals surface area contributed by atoms with E-state index in [0.717, 1.165) is 16.1 Å². The van der Waals surface area contributed by atoms with E-state index in [1.54, 1.807) is 6.20 Å². The van der Waals surface area contributed by atoms with Crippen molar-refractivity contribution < 1.29 is 10.2 Å². The van der Waals surface area contributed by atoms with Crippen molar-refractivity contribution in [1.29, 1.82) is 0 Å². The topological polar surface area (TPSA) is 66.2 Å². The van der Waals surface area contributed by atoms with Crippen LogP contribution in [0.2, 0.25) is 0 Å². The summed E-state index contributed by atoms with van der Waals surface area (Å²) >= 11 is 1.38. The molecule has 0 aliphatic carbocycles. The Morgan fingerprint density at radius 1 is 1.25 bits per heavy atom. The van der Waals surface area contributed by atoms with E-state index < -0.39 is 6.10 Å². The van der Waals surface area contributed by atoms with Gasteiger partial charge in [0.25, 0.3) is 0 Å². The van der Waals surface area contributed by atoms with E-state index in [-0.39, 0.29) is 6.61 Å². The van der Waals surface area contributed by atoms with Gasteiger partial charge in [0, 0.05) is 5.75 Å². The average molecular weight is 236 g/mol. The van der Waals surface area contributed by atoms with Crippen molar-refractivity contribution in [3.8, 4) is 0 Å². The van der Waals surface area contributed by atoms with Gasteiger partial charge in [-0.25, -0.2) is 4.98 Å². The van der Waals surface area contributed by atoms with Gasteiger partial charge in [-0.15, -0.1) is 11.8 Å². The zero-order valence-electron chi connectivity index (χ0n) is 8.58. The maximum Gasteiger partial charge on any atom is 0.115 e. The fourth-order valence-electron chi connectivity index (χ4n) is 1.24. The van der Waals surface area contributed by atoms with E-state index in [1.165, 1.54) is 11.8 Å². The van der Waals surface area contributed by atoms with Crippen molar-refractivity contribution >= 4 is 22.8 Å². The summed E-state index contributed by atoms with van der Waals surface area (Å²) in [6.45, 7) is -0.228. The second kappa shape index (κ2) is 5.25. The van der Waals surface area contributed by atoms with Gasteiger partial charge in [0.1, 0.15) is 5.03 Å². The van der Waals surface area contributed by atoms with Crippen LogP contribution in [0.15, 0.2) is 35.5 Å². The van der Waals surface area contributed by atoms with Crippen molar-refractivity contribution in [1.82, 2.24) is 9.97 Å². The molecule has 0 radical (unpaired) electrons. The predicted octanol–water partition coefficient (Wildman–Crippen LogP) is 1.08. The number of hydrogen-bond acceptors (Lipinski definition) is 5. The van der Waals surface area contributed by atoms with E-state index >= 15 is 0 Å². The molecule has 0 saturated carbocycles. The Morgan fingerprint density at radius 3 is 2.75 bits per heavy atom. The summed E-state index contributed by atoms with van der Waals surface area (Å²) < 4.78 is 0. The summed E-state index contributed by atoms with van der Waals surface area (Å²) in [5.41, 5.74) is 1.69. The number of fused-ring (bicyclic) bond motifs is 1. The first-order valence-corrected chi connectivity index (χ1v) is 5.91. The van der Waals surface area contributed by atoms with Gasteiger partial charge in [-0.2, -0.15) is 0 Å². The van der Waals surface area contributed by atoms with E-state index in [9.17, 15) is 5.11 Å². The summed E-state index contributed by atoms with van der Waals surface area (Å²) in [4.78, 5) is 8.65. The molecule has 0 amide bonds. The summed E-state index contributed by atoms with van der Waals surface area (Å²) in [7, 11) is 0. The van der Waals surface area contributed by atoms with Crippen LogP contribution in [0, 0.1) is 0 Å². The highest BCUT2D eigenvalue weighted by Crippen LogP contribution is 2.18. The molecule has 84 valence electrons. The Bertz CT molecular complexity index is 478. The quantitative estimate of drug-likeness (QED) is 0.777. The van der Waals surface area contributed by atoms with Crippen LogP contribution < -0.4 is 0 Å². The molecule has 0 bridgehead atoms. The lowest BCUT2D eigenvalue weighted by molar-refractivity contribution is 0.113. The highest BCUT2D eigenvalue weighted by molar-refractivity contribution is 7.99. The highest BCUT2D eigenvalue weighted by Gasteiger charge is 2.05. The van der Waals surface area contributed by atoms with Crippen molar-refractivity contribution in [2.75, 3.05) is 12.4 Å². The lowest BCUT2D eigenvalue weighted by atomic mass is 10.3. The molecule has 0 saturated heterocycles. The molecule has 1 atom stereocenters. The number of aliphatic hydroxyl groups is 2. The van der Waals surface area contributed by atoms with Gasteiger partial charge in [0.05, 0.1) is 29.9 Å². The average Bonchev–Trinajstić information content (AvgIpc) is 2.35. The molecule has 1 aromatic carbocycles. The highest BCUT2D eigenvalue weighted by atomic mass is 32.2. The molecule has 2 aromatic rings. The number of aliphatic hydroxyl groups excluding tert-OH is 2. The summed E-state index contributed by atoms with van der Waals surface area (Å²) in [6.07, 6.45) is 0.968. The minimum atomic E-state index is -0.710. The van der Waals surface area contributed by atoms with Crippen molar-refractivity contribution in [2.24, 2.45) is 0 Å². The third-order valence-electron chi connectivity index (χ3n) is 2.06. The molecule has 2 rings (SSSR count). The minimum absolute atomic E-state index is 0.228. The Balaban J connectivity index is 2.13. The van der Waals surface area contributed by atoms with Crippen LogP contribution in [0.3, 0.4) is 0 Å². The SMILES string of the molecule is OC[C@H](O)CSc1cnc2ccccc2n1. The van der Waals surface area contributed by atoms with Gasteiger partial charge in [-0.3, -0.25) is 4.98 Å². The molecule has 0 spiro atoms. The molecule has 0 aliphatic heterocycles. The van der Waals surface area contributed by atoms with Crippen LogP contribution in [0.1, 0.15) is 0 Å². The molecule has 0 fully saturated rings. The molecular weight excluding hydrogens is 224 g/mol. The van der Waals surface area contributed by atoms with Gasteiger partial charge < -0.3 is 10.2 Å². The van der Waals surface area contributed by atoms with Gasteiger partial charge in [0.15, 0.2) is 0 Å². The maximum absolute atomic E-state index is 9.21. The summed E-state index contributed by atoms with van der Waals surface area (Å²) in [6, 6.07) is 7.63. The Hall–Kier alpha value is -1.17. The zero-order chi connectivity index (χ0) is 11.4. The molecule has 5 heteroatoms. The standard InChI is InChI=1S/C11H12N2O2S/c14-6-8(15)7-16-11-5-12-9-3-1-2-4-10(9)13-11/h1-5,8,14-15H,6-7H2/t8-/m0/s1. The van der Waals surface area contributed by atoms with Gasteiger partial charge >= 0.3 is 0 Å². The largest absolute Gasteiger partial charge is 0.394 e. The molecule has 1 heterocycles. The lowest BCUT2D eigenvalue weighted by Crippen LogP contribution is -2.14. The van der Waals surface area contributed by atoms with Crippen LogP contribution in [0.5, 0.6) is 0 Å². The molecular formula is C11H12N2O2S. The zero-order valence-corrected chi connectivity index (χ0v) is 9.39. The maximum atomic E-state index is 9.21. The minimum Gasteiger partial charge on any atom is -0.394 e. The van der Waals surface area contributed by atoms with Crippen LogP contribution >= 0.6 is 11.8 Å².